The average Bonchev–Trinajstić information content (AvgIpc) is 2.10. The Morgan fingerprint density at radius 2 is 2.07 bits per heavy atom. The maximum Gasteiger partial charge on any atom is 0.249 e. The first-order valence-corrected chi connectivity index (χ1v) is 5.07. The molecule has 1 aliphatic rings. The summed E-state index contributed by atoms with van der Waals surface area (Å²) in [6.07, 6.45) is 3.41. The summed E-state index contributed by atoms with van der Waals surface area (Å²) < 4.78 is 5.13. The summed E-state index contributed by atoms with van der Waals surface area (Å²) in [6, 6.07) is 0. The molecule has 15 heavy (non-hydrogen) atoms. The van der Waals surface area contributed by atoms with Crippen LogP contribution < -0.4 is 0 Å². The van der Waals surface area contributed by atoms with Crippen LogP contribution in [0.2, 0.25) is 0 Å². The van der Waals surface area contributed by atoms with Gasteiger partial charge in [0.2, 0.25) is 5.91 Å². The average molecular weight is 212 g/mol. The number of carbonyl (C=O) groups is 1. The molecule has 1 atom stereocenters. The van der Waals surface area contributed by atoms with E-state index in [9.17, 15) is 4.79 Å². The van der Waals surface area contributed by atoms with Crippen LogP contribution in [0.3, 0.4) is 0 Å². The molecule has 0 aliphatic carbocycles. The van der Waals surface area contributed by atoms with E-state index in [2.05, 4.69) is 20.8 Å². The Balaban J connectivity index is 2.95. The topological polar surface area (TPSA) is 32.8 Å². The Hall–Kier alpha value is -1.03. The molecule has 0 fully saturated rings. The van der Waals surface area contributed by atoms with Gasteiger partial charge in [0.25, 0.3) is 0 Å². The molecule has 4 heteroatoms. The zero-order chi connectivity index (χ0) is 11.6. The molecule has 0 aromatic heterocycles. The standard InChI is InChI=1S/C11H20N2O2/c1-11(2,3)10-12(4)9(14)6-7-13(10)8-15-5/h6-7,10H,8H2,1-5H3/t10-/m1/s1. The van der Waals surface area contributed by atoms with Crippen molar-refractivity contribution < 1.29 is 9.53 Å². The third-order valence-corrected chi connectivity index (χ3v) is 2.49. The number of ether oxygens (including phenoxy) is 1. The first-order valence-electron chi connectivity index (χ1n) is 5.07. The number of rotatable bonds is 2. The second kappa shape index (κ2) is 4.23. The highest BCUT2D eigenvalue weighted by atomic mass is 16.5. The van der Waals surface area contributed by atoms with Crippen LogP contribution in [0.25, 0.3) is 0 Å². The van der Waals surface area contributed by atoms with Gasteiger partial charge in [-0.2, -0.15) is 0 Å². The van der Waals surface area contributed by atoms with Gasteiger partial charge < -0.3 is 14.5 Å². The fraction of sp³-hybridized carbons (Fsp3) is 0.727. The maximum atomic E-state index is 11.6. The molecular formula is C11H20N2O2. The zero-order valence-electron chi connectivity index (χ0n) is 10.2. The molecule has 1 aliphatic heterocycles. The molecule has 1 rings (SSSR count). The normalized spacial score (nSPS) is 22.5. The lowest BCUT2D eigenvalue weighted by Gasteiger charge is -2.46. The predicted molar refractivity (Wildman–Crippen MR) is 58.9 cm³/mol. The van der Waals surface area contributed by atoms with E-state index in [0.29, 0.717) is 6.73 Å². The lowest BCUT2D eigenvalue weighted by Crippen LogP contribution is -2.56. The Bertz CT molecular complexity index is 268. The van der Waals surface area contributed by atoms with Crippen molar-refractivity contribution >= 4 is 5.91 Å². The number of hydrogen-bond acceptors (Lipinski definition) is 3. The molecule has 0 aromatic carbocycles. The smallest absolute Gasteiger partial charge is 0.249 e. The molecule has 0 saturated heterocycles. The van der Waals surface area contributed by atoms with Gasteiger partial charge >= 0.3 is 0 Å². The van der Waals surface area contributed by atoms with E-state index in [0.717, 1.165) is 0 Å². The zero-order valence-corrected chi connectivity index (χ0v) is 10.2. The lowest BCUT2D eigenvalue weighted by molar-refractivity contribution is -0.139. The molecule has 1 heterocycles. The number of likely N-dealkylation sites (N-methyl/N-ethyl adjacent to an activating group) is 1. The molecular weight excluding hydrogens is 192 g/mol. The molecule has 0 N–H and O–H groups in total. The first kappa shape index (κ1) is 12.0. The van der Waals surface area contributed by atoms with Gasteiger partial charge in [0.05, 0.1) is 0 Å². The summed E-state index contributed by atoms with van der Waals surface area (Å²) in [5.41, 5.74) is -0.00625. The van der Waals surface area contributed by atoms with E-state index in [1.165, 1.54) is 0 Å². The molecule has 0 saturated carbocycles. The van der Waals surface area contributed by atoms with Crippen LogP contribution in [0.5, 0.6) is 0 Å². The Labute approximate surface area is 91.5 Å². The van der Waals surface area contributed by atoms with Gasteiger partial charge in [-0.15, -0.1) is 0 Å². The van der Waals surface area contributed by atoms with Gasteiger partial charge in [-0.3, -0.25) is 4.79 Å². The number of amides is 1. The fourth-order valence-corrected chi connectivity index (χ4v) is 2.04. The molecule has 0 aromatic rings. The van der Waals surface area contributed by atoms with E-state index in [-0.39, 0.29) is 17.5 Å². The molecule has 0 radical (unpaired) electrons. The fourth-order valence-electron chi connectivity index (χ4n) is 2.04. The van der Waals surface area contributed by atoms with Crippen LogP contribution in [-0.4, -0.2) is 42.8 Å². The van der Waals surface area contributed by atoms with Gasteiger partial charge in [-0.25, -0.2) is 0 Å². The Kier molecular flexibility index (Phi) is 3.39. The Morgan fingerprint density at radius 1 is 1.47 bits per heavy atom. The van der Waals surface area contributed by atoms with Gasteiger partial charge in [0.15, 0.2) is 0 Å². The summed E-state index contributed by atoms with van der Waals surface area (Å²) in [5.74, 6) is 0.0438. The van der Waals surface area contributed by atoms with Crippen molar-refractivity contribution in [1.82, 2.24) is 9.80 Å². The molecule has 4 nitrogen and oxygen atoms in total. The van der Waals surface area contributed by atoms with Crippen molar-refractivity contribution in [2.45, 2.75) is 26.9 Å². The van der Waals surface area contributed by atoms with Crippen LogP contribution in [-0.2, 0) is 9.53 Å². The van der Waals surface area contributed by atoms with Crippen LogP contribution in [0.1, 0.15) is 20.8 Å². The first-order chi connectivity index (χ1) is 6.88. The van der Waals surface area contributed by atoms with E-state index >= 15 is 0 Å². The number of hydrogen-bond donors (Lipinski definition) is 0. The minimum absolute atomic E-state index is 0.00625. The second-order valence-electron chi connectivity index (χ2n) is 4.94. The Morgan fingerprint density at radius 3 is 2.53 bits per heavy atom. The SMILES string of the molecule is COCN1C=CC(=O)N(C)[C@H]1C(C)(C)C. The second-order valence-corrected chi connectivity index (χ2v) is 4.94. The van der Waals surface area contributed by atoms with Gasteiger partial charge in [0.1, 0.15) is 12.9 Å². The molecule has 1 amide bonds. The van der Waals surface area contributed by atoms with E-state index < -0.39 is 0 Å². The summed E-state index contributed by atoms with van der Waals surface area (Å²) >= 11 is 0. The van der Waals surface area contributed by atoms with Crippen molar-refractivity contribution in [3.8, 4) is 0 Å². The van der Waals surface area contributed by atoms with Gasteiger partial charge in [-0.1, -0.05) is 20.8 Å². The van der Waals surface area contributed by atoms with E-state index in [1.807, 2.05) is 18.1 Å². The van der Waals surface area contributed by atoms with E-state index in [1.54, 1.807) is 18.1 Å². The van der Waals surface area contributed by atoms with Crippen LogP contribution in [0.4, 0.5) is 0 Å². The van der Waals surface area contributed by atoms with Crippen molar-refractivity contribution in [1.29, 1.82) is 0 Å². The van der Waals surface area contributed by atoms with Crippen molar-refractivity contribution in [3.05, 3.63) is 12.3 Å². The summed E-state index contributed by atoms with van der Waals surface area (Å²) in [5, 5.41) is 0. The maximum absolute atomic E-state index is 11.6. The third kappa shape index (κ3) is 2.50. The highest BCUT2D eigenvalue weighted by molar-refractivity contribution is 5.88. The van der Waals surface area contributed by atoms with Crippen LogP contribution in [0, 0.1) is 5.41 Å². The summed E-state index contributed by atoms with van der Waals surface area (Å²) in [7, 11) is 3.48. The molecule has 0 bridgehead atoms. The quantitative estimate of drug-likeness (QED) is 0.690. The number of nitrogens with zero attached hydrogens (tertiary/aromatic N) is 2. The molecule has 0 spiro atoms. The van der Waals surface area contributed by atoms with Crippen molar-refractivity contribution in [2.24, 2.45) is 5.41 Å². The van der Waals surface area contributed by atoms with Gasteiger partial charge in [0, 0.05) is 31.8 Å². The van der Waals surface area contributed by atoms with Crippen LogP contribution >= 0.6 is 0 Å². The van der Waals surface area contributed by atoms with Crippen LogP contribution in [0.15, 0.2) is 12.3 Å². The minimum atomic E-state index is -0.00625. The minimum Gasteiger partial charge on any atom is -0.364 e. The van der Waals surface area contributed by atoms with Crippen molar-refractivity contribution in [2.75, 3.05) is 20.9 Å². The highest BCUT2D eigenvalue weighted by Crippen LogP contribution is 2.29. The summed E-state index contributed by atoms with van der Waals surface area (Å²) in [4.78, 5) is 15.4. The number of carbonyl (C=O) groups excluding carboxylic acids is 1. The van der Waals surface area contributed by atoms with E-state index in [4.69, 9.17) is 4.74 Å². The third-order valence-electron chi connectivity index (χ3n) is 2.49. The van der Waals surface area contributed by atoms with Crippen molar-refractivity contribution in [3.63, 3.8) is 0 Å². The molecule has 86 valence electrons. The number of methoxy groups -OCH3 is 1. The highest BCUT2D eigenvalue weighted by Gasteiger charge is 2.36. The molecule has 0 unspecified atom stereocenters. The monoisotopic (exact) mass is 212 g/mol. The predicted octanol–water partition coefficient (Wildman–Crippen LogP) is 1.25. The lowest BCUT2D eigenvalue weighted by atomic mass is 9.89. The largest absolute Gasteiger partial charge is 0.364 e. The van der Waals surface area contributed by atoms with Gasteiger partial charge in [-0.05, 0) is 0 Å². The summed E-state index contributed by atoms with van der Waals surface area (Å²) in [6.45, 7) is 6.84.